The molecule has 1 aromatic carbocycles. The molecule has 2 rings (SSSR count). The first-order valence-corrected chi connectivity index (χ1v) is 6.78. The van der Waals surface area contributed by atoms with Gasteiger partial charge in [0.15, 0.2) is 0 Å². The van der Waals surface area contributed by atoms with Gasteiger partial charge in [-0.25, -0.2) is 0 Å². The molecule has 2 atom stereocenters. The number of nitrogens with one attached hydrogen (secondary N) is 1. The Morgan fingerprint density at radius 1 is 1.60 bits per heavy atom. The number of nitrogens with zero attached hydrogens (tertiary/aromatic N) is 1. The third-order valence-electron chi connectivity index (χ3n) is 3.43. The number of benzene rings is 1. The predicted molar refractivity (Wildman–Crippen MR) is 73.2 cm³/mol. The Morgan fingerprint density at radius 3 is 3.00 bits per heavy atom. The van der Waals surface area contributed by atoms with Crippen LogP contribution in [0.4, 0.5) is 5.69 Å². The molecule has 6 heteroatoms. The van der Waals surface area contributed by atoms with E-state index in [0.717, 1.165) is 18.4 Å². The highest BCUT2D eigenvalue weighted by molar-refractivity contribution is 5.81. The van der Waals surface area contributed by atoms with Crippen molar-refractivity contribution in [3.8, 4) is 0 Å². The monoisotopic (exact) mass is 278 g/mol. The van der Waals surface area contributed by atoms with Crippen LogP contribution in [0, 0.1) is 10.1 Å². The van der Waals surface area contributed by atoms with Crippen LogP contribution in [-0.4, -0.2) is 23.5 Å². The summed E-state index contributed by atoms with van der Waals surface area (Å²) in [6.45, 7) is 2.55. The summed E-state index contributed by atoms with van der Waals surface area (Å²) < 4.78 is 5.34. The molecule has 0 aliphatic carbocycles. The molecule has 1 amide bonds. The minimum Gasteiger partial charge on any atom is -0.368 e. The maximum Gasteiger partial charge on any atom is 0.269 e. The van der Waals surface area contributed by atoms with Crippen LogP contribution in [0.5, 0.6) is 0 Å². The molecule has 1 heterocycles. The van der Waals surface area contributed by atoms with E-state index >= 15 is 0 Å². The molecule has 1 N–H and O–H groups in total. The zero-order valence-corrected chi connectivity index (χ0v) is 11.4. The topological polar surface area (TPSA) is 81.5 Å². The molecule has 0 aromatic heterocycles. The largest absolute Gasteiger partial charge is 0.368 e. The Kier molecular flexibility index (Phi) is 4.68. The predicted octanol–water partition coefficient (Wildman–Crippen LogP) is 2.34. The number of non-ortho nitro benzene ring substituents is 1. The van der Waals surface area contributed by atoms with E-state index in [1.54, 1.807) is 12.1 Å². The third kappa shape index (κ3) is 3.33. The summed E-state index contributed by atoms with van der Waals surface area (Å²) in [7, 11) is 0. The summed E-state index contributed by atoms with van der Waals surface area (Å²) in [5.41, 5.74) is 0.778. The van der Waals surface area contributed by atoms with Gasteiger partial charge in [0.1, 0.15) is 6.10 Å². The van der Waals surface area contributed by atoms with E-state index in [4.69, 9.17) is 4.74 Å². The highest BCUT2D eigenvalue weighted by Gasteiger charge is 2.25. The number of hydrogen-bond donors (Lipinski definition) is 1. The van der Waals surface area contributed by atoms with Crippen LogP contribution in [0.15, 0.2) is 24.3 Å². The van der Waals surface area contributed by atoms with Gasteiger partial charge in [0.2, 0.25) is 5.91 Å². The standard InChI is InChI=1S/C14H18N2O4/c1-2-12(15-14(17)13-7-4-8-20-13)10-5-3-6-11(9-10)16(18)19/h3,5-6,9,12-13H,2,4,7-8H2,1H3,(H,15,17). The fourth-order valence-electron chi connectivity index (χ4n) is 2.33. The highest BCUT2D eigenvalue weighted by atomic mass is 16.6. The molecule has 1 aliphatic rings. The zero-order chi connectivity index (χ0) is 14.5. The lowest BCUT2D eigenvalue weighted by atomic mass is 10.0. The second kappa shape index (κ2) is 6.47. The Balaban J connectivity index is 2.09. The van der Waals surface area contributed by atoms with Crippen LogP contribution in [0.25, 0.3) is 0 Å². The van der Waals surface area contributed by atoms with E-state index in [2.05, 4.69) is 5.32 Å². The molecule has 6 nitrogen and oxygen atoms in total. The van der Waals surface area contributed by atoms with Gasteiger partial charge < -0.3 is 10.1 Å². The average Bonchev–Trinajstić information content (AvgIpc) is 2.99. The van der Waals surface area contributed by atoms with E-state index in [1.165, 1.54) is 12.1 Å². The number of amides is 1. The van der Waals surface area contributed by atoms with Gasteiger partial charge in [-0.1, -0.05) is 19.1 Å². The molecule has 108 valence electrons. The minimum atomic E-state index is -0.432. The number of nitro groups is 1. The molecule has 0 spiro atoms. The second-order valence-corrected chi connectivity index (χ2v) is 4.82. The summed E-state index contributed by atoms with van der Waals surface area (Å²) in [6, 6.07) is 6.14. The van der Waals surface area contributed by atoms with Gasteiger partial charge in [-0.2, -0.15) is 0 Å². The van der Waals surface area contributed by atoms with Crippen LogP contribution in [0.2, 0.25) is 0 Å². The lowest BCUT2D eigenvalue weighted by molar-refractivity contribution is -0.384. The van der Waals surface area contributed by atoms with E-state index in [-0.39, 0.29) is 23.7 Å². The Bertz CT molecular complexity index is 498. The van der Waals surface area contributed by atoms with Crippen LogP contribution in [0.3, 0.4) is 0 Å². The SMILES string of the molecule is CCC(NC(=O)C1CCCO1)c1cccc([N+](=O)[O-])c1. The van der Waals surface area contributed by atoms with Gasteiger partial charge in [0.05, 0.1) is 11.0 Å². The van der Waals surface area contributed by atoms with Crippen molar-refractivity contribution in [1.82, 2.24) is 5.32 Å². The van der Waals surface area contributed by atoms with Crippen molar-refractivity contribution in [2.45, 2.75) is 38.3 Å². The van der Waals surface area contributed by atoms with Crippen LogP contribution in [0.1, 0.15) is 37.8 Å². The summed E-state index contributed by atoms with van der Waals surface area (Å²) in [5, 5.41) is 13.7. The molecule has 0 saturated carbocycles. The molecule has 20 heavy (non-hydrogen) atoms. The minimum absolute atomic E-state index is 0.0346. The van der Waals surface area contributed by atoms with Gasteiger partial charge in [0, 0.05) is 18.7 Å². The first kappa shape index (κ1) is 14.5. The smallest absolute Gasteiger partial charge is 0.269 e. The van der Waals surface area contributed by atoms with E-state index in [9.17, 15) is 14.9 Å². The molecular formula is C14H18N2O4. The Morgan fingerprint density at radius 2 is 2.40 bits per heavy atom. The number of carbonyl (C=O) groups excluding carboxylic acids is 1. The molecular weight excluding hydrogens is 260 g/mol. The normalized spacial score (nSPS) is 19.6. The maximum absolute atomic E-state index is 12.0. The summed E-state index contributed by atoms with van der Waals surface area (Å²) in [4.78, 5) is 22.4. The molecule has 1 fully saturated rings. The summed E-state index contributed by atoms with van der Waals surface area (Å²) >= 11 is 0. The first-order valence-electron chi connectivity index (χ1n) is 6.78. The van der Waals surface area contributed by atoms with E-state index in [1.807, 2.05) is 6.92 Å². The van der Waals surface area contributed by atoms with Crippen molar-refractivity contribution in [3.63, 3.8) is 0 Å². The van der Waals surface area contributed by atoms with E-state index in [0.29, 0.717) is 13.0 Å². The van der Waals surface area contributed by atoms with Gasteiger partial charge >= 0.3 is 0 Å². The van der Waals surface area contributed by atoms with Crippen molar-refractivity contribution in [2.75, 3.05) is 6.61 Å². The van der Waals surface area contributed by atoms with Crippen molar-refractivity contribution >= 4 is 11.6 Å². The average molecular weight is 278 g/mol. The highest BCUT2D eigenvalue weighted by Crippen LogP contribution is 2.22. The van der Waals surface area contributed by atoms with Crippen molar-refractivity contribution in [3.05, 3.63) is 39.9 Å². The van der Waals surface area contributed by atoms with Crippen LogP contribution < -0.4 is 5.32 Å². The zero-order valence-electron chi connectivity index (χ0n) is 11.4. The lowest BCUT2D eigenvalue weighted by Gasteiger charge is -2.19. The fraction of sp³-hybridized carbons (Fsp3) is 0.500. The summed E-state index contributed by atoms with van der Waals surface area (Å²) in [6.07, 6.45) is 1.91. The Hall–Kier alpha value is -1.95. The first-order chi connectivity index (χ1) is 9.61. The van der Waals surface area contributed by atoms with Gasteiger partial charge in [0.25, 0.3) is 5.69 Å². The fourth-order valence-corrected chi connectivity index (χ4v) is 2.33. The number of hydrogen-bond acceptors (Lipinski definition) is 4. The number of nitro benzene ring substituents is 1. The number of ether oxygens (including phenoxy) is 1. The molecule has 2 unspecified atom stereocenters. The quantitative estimate of drug-likeness (QED) is 0.662. The van der Waals surface area contributed by atoms with Crippen LogP contribution >= 0.6 is 0 Å². The molecule has 1 aromatic rings. The van der Waals surface area contributed by atoms with Gasteiger partial charge in [-0.15, -0.1) is 0 Å². The van der Waals surface area contributed by atoms with Crippen molar-refractivity contribution in [1.29, 1.82) is 0 Å². The second-order valence-electron chi connectivity index (χ2n) is 4.82. The third-order valence-corrected chi connectivity index (χ3v) is 3.43. The van der Waals surface area contributed by atoms with Crippen LogP contribution in [-0.2, 0) is 9.53 Å². The lowest BCUT2D eigenvalue weighted by Crippen LogP contribution is -2.36. The van der Waals surface area contributed by atoms with E-state index < -0.39 is 4.92 Å². The van der Waals surface area contributed by atoms with Gasteiger partial charge in [-0.3, -0.25) is 14.9 Å². The van der Waals surface area contributed by atoms with Crippen molar-refractivity contribution in [2.24, 2.45) is 0 Å². The summed E-state index contributed by atoms with van der Waals surface area (Å²) in [5.74, 6) is -0.138. The molecule has 1 aliphatic heterocycles. The number of rotatable bonds is 5. The molecule has 1 saturated heterocycles. The Labute approximate surface area is 117 Å². The number of carbonyl (C=O) groups is 1. The molecule has 0 bridgehead atoms. The maximum atomic E-state index is 12.0. The molecule has 0 radical (unpaired) electrons. The van der Waals surface area contributed by atoms with Crippen molar-refractivity contribution < 1.29 is 14.5 Å². The van der Waals surface area contributed by atoms with Gasteiger partial charge in [-0.05, 0) is 24.8 Å².